The van der Waals surface area contributed by atoms with Crippen LogP contribution in [0.2, 0.25) is 0 Å². The lowest BCUT2D eigenvalue weighted by molar-refractivity contribution is -0.137. The van der Waals surface area contributed by atoms with Crippen molar-refractivity contribution in [2.45, 2.75) is 6.18 Å². The zero-order valence-electron chi connectivity index (χ0n) is 19.8. The molecule has 3 N–H and O–H groups in total. The third-order valence-electron chi connectivity index (χ3n) is 5.33. The number of hydrogen-bond donors (Lipinski definition) is 3. The highest BCUT2D eigenvalue weighted by molar-refractivity contribution is 6.00. The van der Waals surface area contributed by atoms with Gasteiger partial charge in [-0.15, -0.1) is 0 Å². The quantitative estimate of drug-likeness (QED) is 0.319. The number of nitrogens with one attached hydrogen (secondary N) is 3. The summed E-state index contributed by atoms with van der Waals surface area (Å²) in [4.78, 5) is 30.0. The lowest BCUT2D eigenvalue weighted by Crippen LogP contribution is -2.13. The van der Waals surface area contributed by atoms with Crippen LogP contribution in [-0.4, -0.2) is 58.4 Å². The molecule has 0 aliphatic carbocycles. The molecule has 11 heteroatoms. The lowest BCUT2D eigenvalue weighted by atomic mass is 10.0. The Morgan fingerprint density at radius 2 is 1.89 bits per heavy atom. The molecule has 1 aromatic carbocycles. The Labute approximate surface area is 205 Å². The van der Waals surface area contributed by atoms with Crippen LogP contribution >= 0.6 is 0 Å². The highest BCUT2D eigenvalue weighted by atomic mass is 19.4. The molecule has 0 atom stereocenters. The smallest absolute Gasteiger partial charge is 0.373 e. The van der Waals surface area contributed by atoms with Crippen molar-refractivity contribution in [3.05, 3.63) is 66.8 Å². The van der Waals surface area contributed by atoms with Crippen molar-refractivity contribution >= 4 is 28.4 Å². The molecule has 0 saturated carbocycles. The number of H-pyrrole nitrogens is 1. The molecule has 0 spiro atoms. The van der Waals surface area contributed by atoms with Crippen LogP contribution in [0.5, 0.6) is 0 Å². The van der Waals surface area contributed by atoms with Crippen LogP contribution in [0.3, 0.4) is 0 Å². The largest absolute Gasteiger partial charge is 0.416 e. The predicted molar refractivity (Wildman–Crippen MR) is 133 cm³/mol. The van der Waals surface area contributed by atoms with Gasteiger partial charge in [-0.25, -0.2) is 15.0 Å². The van der Waals surface area contributed by atoms with Gasteiger partial charge in [0.2, 0.25) is 5.91 Å². The Hall–Kier alpha value is -4.25. The van der Waals surface area contributed by atoms with Crippen molar-refractivity contribution in [3.63, 3.8) is 0 Å². The van der Waals surface area contributed by atoms with Gasteiger partial charge in [-0.3, -0.25) is 4.79 Å². The molecule has 186 valence electrons. The van der Waals surface area contributed by atoms with E-state index in [9.17, 15) is 18.0 Å². The fourth-order valence-electron chi connectivity index (χ4n) is 3.60. The SMILES string of the molecule is CNc1cc(-c2c[nH]c3ncc(-c4cc(NC(=O)C=CCN(C)C)cc(C(F)(F)F)c4)cc23)ncn1. The second kappa shape index (κ2) is 10.2. The standard InChI is InChI=1S/C25H24F3N7O/c1-29-22-11-21(32-14-33-22)20-13-31-24-19(20)9-16(12-30-24)15-7-17(25(26,27)28)10-18(8-15)34-23(36)5-4-6-35(2)3/h4-5,7-14H,6H2,1-3H3,(H,30,31)(H,34,36)(H,29,32,33). The van der Waals surface area contributed by atoms with Crippen LogP contribution in [0.4, 0.5) is 24.7 Å². The van der Waals surface area contributed by atoms with Gasteiger partial charge in [0.05, 0.1) is 11.3 Å². The Morgan fingerprint density at radius 1 is 1.08 bits per heavy atom. The van der Waals surface area contributed by atoms with Crippen molar-refractivity contribution < 1.29 is 18.0 Å². The number of carbonyl (C=O) groups excluding carboxylic acids is 1. The van der Waals surface area contributed by atoms with Crippen LogP contribution in [0.25, 0.3) is 33.4 Å². The first-order valence-electron chi connectivity index (χ1n) is 11.0. The average molecular weight is 496 g/mol. The number of carbonyl (C=O) groups is 1. The van der Waals surface area contributed by atoms with Gasteiger partial charge in [-0.05, 0) is 43.9 Å². The number of rotatable bonds is 7. The van der Waals surface area contributed by atoms with E-state index in [1.54, 1.807) is 31.5 Å². The van der Waals surface area contributed by atoms with Gasteiger partial charge in [0.25, 0.3) is 0 Å². The highest BCUT2D eigenvalue weighted by Gasteiger charge is 2.31. The molecule has 0 saturated heterocycles. The molecule has 4 rings (SSSR count). The van der Waals surface area contributed by atoms with Gasteiger partial charge >= 0.3 is 6.18 Å². The summed E-state index contributed by atoms with van der Waals surface area (Å²) in [5, 5.41) is 6.16. The minimum Gasteiger partial charge on any atom is -0.373 e. The van der Waals surface area contributed by atoms with Crippen molar-refractivity contribution in [3.8, 4) is 22.4 Å². The summed E-state index contributed by atoms with van der Waals surface area (Å²) in [5.41, 5.74) is 1.78. The number of hydrogen-bond acceptors (Lipinski definition) is 6. The molecular weight excluding hydrogens is 471 g/mol. The van der Waals surface area contributed by atoms with E-state index in [0.717, 1.165) is 17.7 Å². The summed E-state index contributed by atoms with van der Waals surface area (Å²) in [7, 11) is 5.42. The molecule has 0 radical (unpaired) electrons. The molecule has 3 aromatic heterocycles. The third kappa shape index (κ3) is 5.69. The number of halogens is 3. The van der Waals surface area contributed by atoms with E-state index in [2.05, 4.69) is 30.6 Å². The number of fused-ring (bicyclic) bond motifs is 1. The maximum absolute atomic E-state index is 13.7. The normalized spacial score (nSPS) is 12.0. The van der Waals surface area contributed by atoms with E-state index in [4.69, 9.17) is 0 Å². The van der Waals surface area contributed by atoms with Crippen LogP contribution in [0.1, 0.15) is 5.56 Å². The van der Waals surface area contributed by atoms with E-state index in [0.29, 0.717) is 34.7 Å². The van der Waals surface area contributed by atoms with Crippen LogP contribution in [0.15, 0.2) is 61.2 Å². The molecule has 3 heterocycles. The second-order valence-electron chi connectivity index (χ2n) is 8.31. The van der Waals surface area contributed by atoms with E-state index in [1.165, 1.54) is 24.7 Å². The number of amides is 1. The fraction of sp³-hybridized carbons (Fsp3) is 0.200. The van der Waals surface area contributed by atoms with Crippen LogP contribution in [-0.2, 0) is 11.0 Å². The number of nitrogens with zero attached hydrogens (tertiary/aromatic N) is 4. The monoisotopic (exact) mass is 495 g/mol. The van der Waals surface area contributed by atoms with Crippen molar-refractivity contribution in [2.75, 3.05) is 38.3 Å². The third-order valence-corrected chi connectivity index (χ3v) is 5.33. The molecule has 36 heavy (non-hydrogen) atoms. The topological polar surface area (TPSA) is 98.8 Å². The van der Waals surface area contributed by atoms with Gasteiger partial charge < -0.3 is 20.5 Å². The van der Waals surface area contributed by atoms with Crippen LogP contribution in [0, 0.1) is 0 Å². The zero-order valence-corrected chi connectivity index (χ0v) is 19.8. The molecule has 0 unspecified atom stereocenters. The molecular formula is C25H24F3N7O. The van der Waals surface area contributed by atoms with Gasteiger partial charge in [0.1, 0.15) is 17.8 Å². The molecule has 0 fully saturated rings. The minimum absolute atomic E-state index is 0.0307. The maximum Gasteiger partial charge on any atom is 0.416 e. The maximum atomic E-state index is 13.7. The van der Waals surface area contributed by atoms with E-state index in [1.807, 2.05) is 19.0 Å². The zero-order chi connectivity index (χ0) is 25.9. The first kappa shape index (κ1) is 24.9. The van der Waals surface area contributed by atoms with Crippen molar-refractivity contribution in [1.29, 1.82) is 0 Å². The summed E-state index contributed by atoms with van der Waals surface area (Å²) >= 11 is 0. The van der Waals surface area contributed by atoms with Crippen molar-refractivity contribution in [1.82, 2.24) is 24.8 Å². The second-order valence-corrected chi connectivity index (χ2v) is 8.31. The first-order chi connectivity index (χ1) is 17.1. The molecule has 0 aliphatic heterocycles. The number of benzene rings is 1. The van der Waals surface area contributed by atoms with Crippen molar-refractivity contribution in [2.24, 2.45) is 0 Å². The number of aromatic amines is 1. The summed E-state index contributed by atoms with van der Waals surface area (Å²) in [5.74, 6) is 0.101. The molecule has 0 bridgehead atoms. The summed E-state index contributed by atoms with van der Waals surface area (Å²) in [6, 6.07) is 6.95. The van der Waals surface area contributed by atoms with E-state index >= 15 is 0 Å². The number of alkyl halides is 3. The van der Waals surface area contributed by atoms with Gasteiger partial charge in [0, 0.05) is 60.3 Å². The average Bonchev–Trinajstić information content (AvgIpc) is 3.26. The predicted octanol–water partition coefficient (Wildman–Crippen LogP) is 4.80. The summed E-state index contributed by atoms with van der Waals surface area (Å²) in [6.07, 6.45) is 2.97. The molecule has 0 aliphatic rings. The Bertz CT molecular complexity index is 1430. The highest BCUT2D eigenvalue weighted by Crippen LogP contribution is 2.36. The first-order valence-corrected chi connectivity index (χ1v) is 11.0. The Morgan fingerprint density at radius 3 is 2.61 bits per heavy atom. The van der Waals surface area contributed by atoms with E-state index < -0.39 is 17.6 Å². The lowest BCUT2D eigenvalue weighted by Gasteiger charge is -2.13. The number of likely N-dealkylation sites (N-methyl/N-ethyl adjacent to an activating group) is 1. The molecule has 4 aromatic rings. The summed E-state index contributed by atoms with van der Waals surface area (Å²) < 4.78 is 41.0. The number of anilines is 2. The van der Waals surface area contributed by atoms with Crippen LogP contribution < -0.4 is 10.6 Å². The Balaban J connectivity index is 1.74. The van der Waals surface area contributed by atoms with Gasteiger partial charge in [-0.2, -0.15) is 13.2 Å². The van der Waals surface area contributed by atoms with Gasteiger partial charge in [0.15, 0.2) is 0 Å². The fourth-order valence-corrected chi connectivity index (χ4v) is 3.60. The molecule has 8 nitrogen and oxygen atoms in total. The number of aromatic nitrogens is 4. The van der Waals surface area contributed by atoms with E-state index in [-0.39, 0.29) is 11.3 Å². The Kier molecular flexibility index (Phi) is 7.02. The summed E-state index contributed by atoms with van der Waals surface area (Å²) in [6.45, 7) is 0.522. The van der Waals surface area contributed by atoms with Gasteiger partial charge in [-0.1, -0.05) is 6.08 Å². The minimum atomic E-state index is -4.60. The number of pyridine rings is 1. The molecule has 1 amide bonds.